The van der Waals surface area contributed by atoms with Gasteiger partial charge in [0.25, 0.3) is 5.91 Å². The van der Waals surface area contributed by atoms with Gasteiger partial charge in [0.05, 0.1) is 10.6 Å². The molecule has 2 heterocycles. The molecule has 1 unspecified atom stereocenters. The van der Waals surface area contributed by atoms with Crippen LogP contribution in [0.4, 0.5) is 10.5 Å². The second-order valence-electron chi connectivity index (χ2n) is 9.25. The maximum absolute atomic E-state index is 13.4. The molecule has 1 atom stereocenters. The van der Waals surface area contributed by atoms with Crippen molar-refractivity contribution in [3.05, 3.63) is 35.9 Å². The Morgan fingerprint density at radius 1 is 1.22 bits per heavy atom. The molecule has 172 valence electrons. The molecule has 0 saturated carbocycles. The van der Waals surface area contributed by atoms with E-state index in [4.69, 9.17) is 4.74 Å². The van der Waals surface area contributed by atoms with Crippen molar-refractivity contribution in [1.82, 2.24) is 9.62 Å². The summed E-state index contributed by atoms with van der Waals surface area (Å²) in [6.45, 7) is 8.58. The molecule has 0 aromatic heterocycles. The van der Waals surface area contributed by atoms with E-state index >= 15 is 0 Å². The monoisotopic (exact) mass is 459 g/mol. The van der Waals surface area contributed by atoms with E-state index in [0.29, 0.717) is 42.3 Å². The van der Waals surface area contributed by atoms with Gasteiger partial charge in [0.15, 0.2) is 0 Å². The zero-order valence-electron chi connectivity index (χ0n) is 18.8. The summed E-state index contributed by atoms with van der Waals surface area (Å²) in [6.07, 6.45) is 0.864. The quantitative estimate of drug-likeness (QED) is 0.755. The van der Waals surface area contributed by atoms with Crippen molar-refractivity contribution in [2.45, 2.75) is 57.1 Å². The van der Waals surface area contributed by atoms with Crippen molar-refractivity contribution >= 4 is 38.5 Å². The third kappa shape index (κ3) is 4.06. The molecule has 1 saturated heterocycles. The van der Waals surface area contributed by atoms with E-state index in [0.717, 1.165) is 5.69 Å². The molecule has 1 fully saturated rings. The lowest BCUT2D eigenvalue weighted by atomic mass is 10.1. The molecule has 0 spiro atoms. The molecule has 9 heteroatoms. The number of likely N-dealkylation sites (tertiary alicyclic amines) is 1. The van der Waals surface area contributed by atoms with Gasteiger partial charge >= 0.3 is 6.09 Å². The summed E-state index contributed by atoms with van der Waals surface area (Å²) in [6, 6.07) is 8.01. The minimum absolute atomic E-state index is 0.115. The molecule has 4 rings (SSSR count). The van der Waals surface area contributed by atoms with Gasteiger partial charge in [-0.05, 0) is 58.7 Å². The molecule has 2 aliphatic rings. The second-order valence-corrected chi connectivity index (χ2v) is 10.9. The van der Waals surface area contributed by atoms with E-state index in [9.17, 15) is 18.0 Å². The van der Waals surface area contributed by atoms with Crippen LogP contribution in [0.5, 0.6) is 0 Å². The zero-order chi connectivity index (χ0) is 23.3. The van der Waals surface area contributed by atoms with Gasteiger partial charge in [0, 0.05) is 42.0 Å². The van der Waals surface area contributed by atoms with Crippen molar-refractivity contribution in [1.29, 1.82) is 0 Å². The third-order valence-electron chi connectivity index (χ3n) is 5.75. The van der Waals surface area contributed by atoms with E-state index in [1.165, 1.54) is 0 Å². The second kappa shape index (κ2) is 8.04. The lowest BCUT2D eigenvalue weighted by Gasteiger charge is -2.34. The summed E-state index contributed by atoms with van der Waals surface area (Å²) in [5, 5.41) is 1.19. The summed E-state index contributed by atoms with van der Waals surface area (Å²) >= 11 is 0. The lowest BCUT2D eigenvalue weighted by Crippen LogP contribution is -2.50. The third-order valence-corrected chi connectivity index (χ3v) is 7.32. The number of carbonyl (C=O) groups excluding carboxylic acids is 2. The first-order valence-corrected chi connectivity index (χ1v) is 12.4. The van der Waals surface area contributed by atoms with Crippen LogP contribution in [0, 0.1) is 0 Å². The van der Waals surface area contributed by atoms with Gasteiger partial charge < -0.3 is 14.5 Å². The number of carbonyl (C=O) groups is 2. The predicted octanol–water partition coefficient (Wildman–Crippen LogP) is 3.50. The predicted molar refractivity (Wildman–Crippen MR) is 122 cm³/mol. The number of anilines is 1. The van der Waals surface area contributed by atoms with Crippen LogP contribution in [0.15, 0.2) is 35.2 Å². The molecule has 1 N–H and O–H groups in total. The Morgan fingerprint density at radius 2 is 1.97 bits per heavy atom. The van der Waals surface area contributed by atoms with E-state index < -0.39 is 27.8 Å². The average molecular weight is 460 g/mol. The molecule has 0 bridgehead atoms. The Labute approximate surface area is 188 Å². The Kier molecular flexibility index (Phi) is 5.67. The minimum Gasteiger partial charge on any atom is -0.444 e. The molecule has 32 heavy (non-hydrogen) atoms. The molecular formula is C23H29N3O5S. The largest absolute Gasteiger partial charge is 0.444 e. The summed E-state index contributed by atoms with van der Waals surface area (Å²) in [5.41, 5.74) is 0.638. The van der Waals surface area contributed by atoms with Crippen molar-refractivity contribution in [3.8, 4) is 0 Å². The van der Waals surface area contributed by atoms with Gasteiger partial charge in [0.1, 0.15) is 5.60 Å². The van der Waals surface area contributed by atoms with Crippen LogP contribution in [0.25, 0.3) is 10.8 Å². The van der Waals surface area contributed by atoms with Crippen LogP contribution in [0.3, 0.4) is 0 Å². The highest BCUT2D eigenvalue weighted by Crippen LogP contribution is 2.40. The summed E-state index contributed by atoms with van der Waals surface area (Å²) in [5.74, 6) is -0.115. The Morgan fingerprint density at radius 3 is 2.66 bits per heavy atom. The van der Waals surface area contributed by atoms with E-state index in [1.807, 2.05) is 6.92 Å². The Balaban J connectivity index is 1.61. The van der Waals surface area contributed by atoms with Crippen LogP contribution in [0.1, 0.15) is 50.9 Å². The highest BCUT2D eigenvalue weighted by molar-refractivity contribution is 7.89. The molecule has 2 aromatic carbocycles. The number of hydrogen-bond acceptors (Lipinski definition) is 5. The molecule has 2 aliphatic heterocycles. The van der Waals surface area contributed by atoms with E-state index in [-0.39, 0.29) is 17.3 Å². The fourth-order valence-electron chi connectivity index (χ4n) is 4.42. The first kappa shape index (κ1) is 22.5. The van der Waals surface area contributed by atoms with Crippen LogP contribution < -0.4 is 9.62 Å². The smallest absolute Gasteiger partial charge is 0.410 e. The van der Waals surface area contributed by atoms with E-state index in [2.05, 4.69) is 4.72 Å². The number of nitrogens with zero attached hydrogens (tertiary/aromatic N) is 2. The van der Waals surface area contributed by atoms with E-state index in [1.54, 1.807) is 60.9 Å². The first-order valence-electron chi connectivity index (χ1n) is 10.9. The lowest BCUT2D eigenvalue weighted by molar-refractivity contribution is 0.0195. The summed E-state index contributed by atoms with van der Waals surface area (Å²) < 4.78 is 34.9. The first-order chi connectivity index (χ1) is 15.0. The SMILES string of the molecule is CCN1C(=O)c2cccc3c(S(=O)(=O)NC4CCCN(C(=O)OC(C)(C)C)C4)ccc1c23. The number of hydrogen-bond donors (Lipinski definition) is 1. The van der Waals surface area contributed by atoms with Crippen molar-refractivity contribution in [2.75, 3.05) is 24.5 Å². The Bertz CT molecular complexity index is 1190. The fourth-order valence-corrected chi connectivity index (χ4v) is 5.88. The van der Waals surface area contributed by atoms with Crippen LogP contribution >= 0.6 is 0 Å². The maximum atomic E-state index is 13.4. The van der Waals surface area contributed by atoms with Gasteiger partial charge in [-0.2, -0.15) is 0 Å². The topological polar surface area (TPSA) is 96.0 Å². The highest BCUT2D eigenvalue weighted by atomic mass is 32.2. The number of sulfonamides is 1. The molecule has 2 aromatic rings. The fraction of sp³-hybridized carbons (Fsp3) is 0.478. The number of nitrogens with one attached hydrogen (secondary N) is 1. The van der Waals surface area contributed by atoms with Gasteiger partial charge in [-0.1, -0.05) is 12.1 Å². The van der Waals surface area contributed by atoms with Gasteiger partial charge in [-0.3, -0.25) is 4.79 Å². The Hall–Kier alpha value is -2.65. The number of benzene rings is 2. The number of amides is 2. The molecule has 0 aliphatic carbocycles. The van der Waals surface area contributed by atoms with Crippen molar-refractivity contribution < 1.29 is 22.7 Å². The molecule has 2 amide bonds. The maximum Gasteiger partial charge on any atom is 0.410 e. The number of piperidine rings is 1. The standard InChI is InChI=1S/C23H29N3O5S/c1-5-26-18-11-12-19(16-9-6-10-17(20(16)18)21(26)27)32(29,30)24-15-8-7-13-25(14-15)22(28)31-23(2,3)4/h6,9-12,15,24H,5,7-8,13-14H2,1-4H3. The number of ether oxygens (including phenoxy) is 1. The normalized spacial score (nSPS) is 19.0. The van der Waals surface area contributed by atoms with Gasteiger partial charge in [-0.25, -0.2) is 17.9 Å². The van der Waals surface area contributed by atoms with Gasteiger partial charge in [-0.15, -0.1) is 0 Å². The minimum atomic E-state index is -3.88. The van der Waals surface area contributed by atoms with Crippen LogP contribution in [-0.2, 0) is 14.8 Å². The zero-order valence-corrected chi connectivity index (χ0v) is 19.7. The van der Waals surface area contributed by atoms with Crippen molar-refractivity contribution in [3.63, 3.8) is 0 Å². The van der Waals surface area contributed by atoms with Crippen LogP contribution in [0.2, 0.25) is 0 Å². The van der Waals surface area contributed by atoms with Gasteiger partial charge in [0.2, 0.25) is 10.0 Å². The van der Waals surface area contributed by atoms with Crippen molar-refractivity contribution in [2.24, 2.45) is 0 Å². The van der Waals surface area contributed by atoms with Crippen LogP contribution in [-0.4, -0.2) is 56.6 Å². The summed E-state index contributed by atoms with van der Waals surface area (Å²) in [7, 11) is -3.88. The number of rotatable bonds is 4. The summed E-state index contributed by atoms with van der Waals surface area (Å²) in [4.78, 5) is 28.5. The molecule has 8 nitrogen and oxygen atoms in total. The highest BCUT2D eigenvalue weighted by Gasteiger charge is 2.33. The average Bonchev–Trinajstić information content (AvgIpc) is 2.99. The molecule has 0 radical (unpaired) electrons. The molecular weight excluding hydrogens is 430 g/mol.